The highest BCUT2D eigenvalue weighted by Crippen LogP contribution is 2.21. The number of hydrogen-bond donors (Lipinski definition) is 1. The molecule has 0 spiro atoms. The second-order valence-electron chi connectivity index (χ2n) is 5.11. The van der Waals surface area contributed by atoms with Crippen LogP contribution in [0.2, 0.25) is 10.0 Å². The van der Waals surface area contributed by atoms with Gasteiger partial charge >= 0.3 is 0 Å². The summed E-state index contributed by atoms with van der Waals surface area (Å²) in [6.45, 7) is 0.479. The number of rotatable bonds is 4. The minimum Gasteiger partial charge on any atom is -0.304 e. The SMILES string of the molecule is O=C(Nc1nn(Cc2ccc(Cl)cc2)cc1Cl)c1cccc(F)c1. The van der Waals surface area contributed by atoms with Crippen LogP contribution in [0.3, 0.4) is 0 Å². The van der Waals surface area contributed by atoms with Crippen LogP contribution >= 0.6 is 23.2 Å². The summed E-state index contributed by atoms with van der Waals surface area (Å²) in [4.78, 5) is 12.1. The highest BCUT2D eigenvalue weighted by molar-refractivity contribution is 6.33. The molecule has 1 aromatic heterocycles. The molecule has 2 aromatic carbocycles. The van der Waals surface area contributed by atoms with Gasteiger partial charge in [-0.15, -0.1) is 0 Å². The molecule has 0 unspecified atom stereocenters. The molecule has 3 rings (SSSR count). The summed E-state index contributed by atoms with van der Waals surface area (Å²) in [5.74, 6) is -0.741. The molecule has 4 nitrogen and oxygen atoms in total. The number of benzene rings is 2. The van der Waals surface area contributed by atoms with E-state index in [1.54, 1.807) is 23.0 Å². The van der Waals surface area contributed by atoms with E-state index in [-0.39, 0.29) is 11.4 Å². The van der Waals surface area contributed by atoms with Crippen LogP contribution in [-0.4, -0.2) is 15.7 Å². The van der Waals surface area contributed by atoms with Crippen molar-refractivity contribution >= 4 is 34.9 Å². The van der Waals surface area contributed by atoms with Gasteiger partial charge in [0.15, 0.2) is 5.82 Å². The molecule has 0 atom stereocenters. The van der Waals surface area contributed by atoms with Crippen molar-refractivity contribution in [2.24, 2.45) is 0 Å². The number of hydrogen-bond acceptors (Lipinski definition) is 2. The predicted octanol–water partition coefficient (Wildman–Crippen LogP) is 4.63. The van der Waals surface area contributed by atoms with E-state index in [2.05, 4.69) is 10.4 Å². The largest absolute Gasteiger partial charge is 0.304 e. The van der Waals surface area contributed by atoms with Gasteiger partial charge in [0.1, 0.15) is 10.8 Å². The highest BCUT2D eigenvalue weighted by atomic mass is 35.5. The minimum absolute atomic E-state index is 0.193. The quantitative estimate of drug-likeness (QED) is 0.734. The van der Waals surface area contributed by atoms with Gasteiger partial charge in [-0.3, -0.25) is 9.48 Å². The Bertz CT molecular complexity index is 878. The second kappa shape index (κ2) is 7.03. The Balaban J connectivity index is 1.74. The van der Waals surface area contributed by atoms with Crippen molar-refractivity contribution in [2.45, 2.75) is 6.54 Å². The fourth-order valence-corrected chi connectivity index (χ4v) is 2.47. The lowest BCUT2D eigenvalue weighted by Crippen LogP contribution is -2.13. The Morgan fingerprint density at radius 1 is 1.17 bits per heavy atom. The number of halogens is 3. The van der Waals surface area contributed by atoms with E-state index in [0.717, 1.165) is 11.6 Å². The van der Waals surface area contributed by atoms with Crippen molar-refractivity contribution in [2.75, 3.05) is 5.32 Å². The van der Waals surface area contributed by atoms with Crippen molar-refractivity contribution in [3.63, 3.8) is 0 Å². The van der Waals surface area contributed by atoms with Crippen LogP contribution in [0.15, 0.2) is 54.7 Å². The number of nitrogens with zero attached hydrogens (tertiary/aromatic N) is 2. The maximum Gasteiger partial charge on any atom is 0.257 e. The third-order valence-electron chi connectivity index (χ3n) is 3.29. The van der Waals surface area contributed by atoms with E-state index in [1.807, 2.05) is 12.1 Å². The maximum absolute atomic E-state index is 13.2. The molecule has 0 aliphatic heterocycles. The van der Waals surface area contributed by atoms with Gasteiger partial charge in [-0.05, 0) is 35.9 Å². The van der Waals surface area contributed by atoms with Crippen LogP contribution in [-0.2, 0) is 6.54 Å². The molecule has 1 N–H and O–H groups in total. The average Bonchev–Trinajstić information content (AvgIpc) is 2.89. The van der Waals surface area contributed by atoms with Crippen LogP contribution < -0.4 is 5.32 Å². The molecule has 0 radical (unpaired) electrons. The van der Waals surface area contributed by atoms with Gasteiger partial charge in [0.05, 0.1) is 6.54 Å². The number of aromatic nitrogens is 2. The summed E-state index contributed by atoms with van der Waals surface area (Å²) in [7, 11) is 0. The lowest BCUT2D eigenvalue weighted by atomic mass is 10.2. The van der Waals surface area contributed by atoms with Gasteiger partial charge in [0.2, 0.25) is 0 Å². The zero-order valence-electron chi connectivity index (χ0n) is 12.3. The Kier molecular flexibility index (Phi) is 4.83. The number of carbonyl (C=O) groups excluding carboxylic acids is 1. The molecule has 7 heteroatoms. The lowest BCUT2D eigenvalue weighted by Gasteiger charge is -2.03. The zero-order chi connectivity index (χ0) is 17.1. The average molecular weight is 364 g/mol. The fourth-order valence-electron chi connectivity index (χ4n) is 2.15. The number of nitrogens with one attached hydrogen (secondary N) is 1. The molecule has 1 amide bonds. The van der Waals surface area contributed by atoms with E-state index in [1.165, 1.54) is 18.2 Å². The summed E-state index contributed by atoms with van der Waals surface area (Å²) >= 11 is 12.0. The smallest absolute Gasteiger partial charge is 0.257 e. The van der Waals surface area contributed by atoms with Crippen LogP contribution in [0.5, 0.6) is 0 Å². The van der Waals surface area contributed by atoms with Crippen LogP contribution in [0.25, 0.3) is 0 Å². The molecule has 3 aromatic rings. The molecule has 0 saturated heterocycles. The summed E-state index contributed by atoms with van der Waals surface area (Å²) < 4.78 is 14.8. The Labute approximate surface area is 147 Å². The van der Waals surface area contributed by atoms with Gasteiger partial charge < -0.3 is 5.32 Å². The molecule has 0 bridgehead atoms. The molecule has 0 saturated carbocycles. The van der Waals surface area contributed by atoms with E-state index < -0.39 is 11.7 Å². The number of carbonyl (C=O) groups is 1. The molecule has 0 aliphatic carbocycles. The molecular formula is C17H12Cl2FN3O. The molecule has 0 fully saturated rings. The summed E-state index contributed by atoms with van der Waals surface area (Å²) in [5, 5.41) is 7.77. The molecule has 0 aliphatic rings. The van der Waals surface area contributed by atoms with Gasteiger partial charge in [-0.1, -0.05) is 41.4 Å². The van der Waals surface area contributed by atoms with Crippen LogP contribution in [0.1, 0.15) is 15.9 Å². The summed E-state index contributed by atoms with van der Waals surface area (Å²) in [5.41, 5.74) is 1.18. The van der Waals surface area contributed by atoms with E-state index >= 15 is 0 Å². The van der Waals surface area contributed by atoms with Gasteiger partial charge in [0, 0.05) is 16.8 Å². The summed E-state index contributed by atoms with van der Waals surface area (Å²) in [6, 6.07) is 12.7. The first kappa shape index (κ1) is 16.5. The third kappa shape index (κ3) is 3.93. The van der Waals surface area contributed by atoms with Gasteiger partial charge in [-0.2, -0.15) is 5.10 Å². The summed E-state index contributed by atoms with van der Waals surface area (Å²) in [6.07, 6.45) is 1.61. The van der Waals surface area contributed by atoms with E-state index in [9.17, 15) is 9.18 Å². The molecule has 122 valence electrons. The third-order valence-corrected chi connectivity index (χ3v) is 3.82. The Hall–Kier alpha value is -2.37. The Morgan fingerprint density at radius 2 is 1.92 bits per heavy atom. The number of anilines is 1. The van der Waals surface area contributed by atoms with Crippen molar-refractivity contribution in [3.8, 4) is 0 Å². The monoisotopic (exact) mass is 363 g/mol. The minimum atomic E-state index is -0.484. The van der Waals surface area contributed by atoms with Gasteiger partial charge in [-0.25, -0.2) is 4.39 Å². The normalized spacial score (nSPS) is 10.6. The van der Waals surface area contributed by atoms with Crippen molar-refractivity contribution < 1.29 is 9.18 Å². The first-order valence-corrected chi connectivity index (χ1v) is 7.81. The Morgan fingerprint density at radius 3 is 2.62 bits per heavy atom. The standard InChI is InChI=1S/C17H12Cl2FN3O/c18-13-6-4-11(5-7-13)9-23-10-15(19)16(22-23)21-17(24)12-2-1-3-14(20)8-12/h1-8,10H,9H2,(H,21,22,24). The fraction of sp³-hybridized carbons (Fsp3) is 0.0588. The highest BCUT2D eigenvalue weighted by Gasteiger charge is 2.13. The zero-order valence-corrected chi connectivity index (χ0v) is 13.9. The van der Waals surface area contributed by atoms with Crippen molar-refractivity contribution in [1.29, 1.82) is 0 Å². The van der Waals surface area contributed by atoms with Crippen LogP contribution in [0.4, 0.5) is 10.2 Å². The molecular weight excluding hydrogens is 352 g/mol. The first-order chi connectivity index (χ1) is 11.5. The number of amides is 1. The van der Waals surface area contributed by atoms with Crippen LogP contribution in [0, 0.1) is 5.82 Å². The first-order valence-electron chi connectivity index (χ1n) is 7.05. The van der Waals surface area contributed by atoms with Crippen molar-refractivity contribution in [1.82, 2.24) is 9.78 Å². The van der Waals surface area contributed by atoms with E-state index in [0.29, 0.717) is 16.6 Å². The molecule has 24 heavy (non-hydrogen) atoms. The lowest BCUT2D eigenvalue weighted by molar-refractivity contribution is 0.102. The van der Waals surface area contributed by atoms with Crippen molar-refractivity contribution in [3.05, 3.63) is 81.7 Å². The topological polar surface area (TPSA) is 46.9 Å². The molecule has 1 heterocycles. The second-order valence-corrected chi connectivity index (χ2v) is 5.96. The van der Waals surface area contributed by atoms with E-state index in [4.69, 9.17) is 23.2 Å². The maximum atomic E-state index is 13.2. The van der Waals surface area contributed by atoms with Gasteiger partial charge in [0.25, 0.3) is 5.91 Å². The predicted molar refractivity (Wildman–Crippen MR) is 92.1 cm³/mol.